The molecule has 2 rings (SSSR count). The van der Waals surface area contributed by atoms with Gasteiger partial charge in [-0.05, 0) is 42.0 Å². The molecule has 0 radical (unpaired) electrons. The van der Waals surface area contributed by atoms with Crippen LogP contribution in [0.1, 0.15) is 44.2 Å². The second-order valence-corrected chi connectivity index (χ2v) is 5.71. The second kappa shape index (κ2) is 7.23. The van der Waals surface area contributed by atoms with Crippen molar-refractivity contribution in [2.75, 3.05) is 0 Å². The zero-order chi connectivity index (χ0) is 15.2. The first-order valence-corrected chi connectivity index (χ1v) is 7.56. The van der Waals surface area contributed by atoms with E-state index in [1.165, 1.54) is 5.56 Å². The average Bonchev–Trinajstić information content (AvgIpc) is 2.49. The Morgan fingerprint density at radius 1 is 1.19 bits per heavy atom. The van der Waals surface area contributed by atoms with Gasteiger partial charge in [-0.1, -0.05) is 39.0 Å². The number of rotatable bonds is 6. The maximum Gasteiger partial charge on any atom is 0.219 e. The van der Waals surface area contributed by atoms with E-state index >= 15 is 0 Å². The summed E-state index contributed by atoms with van der Waals surface area (Å²) in [5.74, 6) is 1.93. The highest BCUT2D eigenvalue weighted by atomic mass is 16.5. The Morgan fingerprint density at radius 2 is 2.00 bits per heavy atom. The number of aromatic nitrogens is 1. The van der Waals surface area contributed by atoms with E-state index in [0.29, 0.717) is 11.8 Å². The molecule has 3 nitrogen and oxygen atoms in total. The molecule has 21 heavy (non-hydrogen) atoms. The molecule has 0 saturated heterocycles. The first-order chi connectivity index (χ1) is 10.1. The molecule has 112 valence electrons. The van der Waals surface area contributed by atoms with Crippen molar-refractivity contribution >= 4 is 0 Å². The molecule has 0 saturated carbocycles. The van der Waals surface area contributed by atoms with Crippen molar-refractivity contribution in [3.63, 3.8) is 0 Å². The SMILES string of the molecule is CCC(N)Cc1ccc(Oc2cccc(C(C)C)c2)nc1. The molecule has 1 unspecified atom stereocenters. The fourth-order valence-corrected chi connectivity index (χ4v) is 2.10. The molecule has 1 atom stereocenters. The molecule has 0 amide bonds. The molecule has 0 bridgehead atoms. The van der Waals surface area contributed by atoms with Crippen LogP contribution in [0.5, 0.6) is 11.6 Å². The smallest absolute Gasteiger partial charge is 0.219 e. The molecule has 2 N–H and O–H groups in total. The van der Waals surface area contributed by atoms with Crippen molar-refractivity contribution in [1.29, 1.82) is 0 Å². The summed E-state index contributed by atoms with van der Waals surface area (Å²) in [6.07, 6.45) is 3.67. The third kappa shape index (κ3) is 4.57. The van der Waals surface area contributed by atoms with Crippen LogP contribution < -0.4 is 10.5 Å². The first-order valence-electron chi connectivity index (χ1n) is 7.56. The maximum absolute atomic E-state index is 5.95. The highest BCUT2D eigenvalue weighted by Gasteiger charge is 2.05. The molecule has 0 aliphatic rings. The quantitative estimate of drug-likeness (QED) is 0.861. The predicted molar refractivity (Wildman–Crippen MR) is 86.8 cm³/mol. The number of hydrogen-bond acceptors (Lipinski definition) is 3. The Hall–Kier alpha value is -1.87. The standard InChI is InChI=1S/C18H24N2O/c1-4-16(19)10-14-8-9-18(20-12-14)21-17-7-5-6-15(11-17)13(2)3/h5-9,11-13,16H,4,10,19H2,1-3H3. The topological polar surface area (TPSA) is 48.1 Å². The fraction of sp³-hybridized carbons (Fsp3) is 0.389. The highest BCUT2D eigenvalue weighted by molar-refractivity contribution is 5.33. The summed E-state index contributed by atoms with van der Waals surface area (Å²) in [6.45, 7) is 6.43. The van der Waals surface area contributed by atoms with E-state index in [2.05, 4.69) is 37.9 Å². The van der Waals surface area contributed by atoms with Crippen LogP contribution in [0.4, 0.5) is 0 Å². The molecule has 1 aromatic heterocycles. The highest BCUT2D eigenvalue weighted by Crippen LogP contribution is 2.24. The van der Waals surface area contributed by atoms with Gasteiger partial charge in [0.2, 0.25) is 5.88 Å². The lowest BCUT2D eigenvalue weighted by Crippen LogP contribution is -2.21. The number of hydrogen-bond donors (Lipinski definition) is 1. The van der Waals surface area contributed by atoms with Crippen LogP contribution in [0.15, 0.2) is 42.6 Å². The van der Waals surface area contributed by atoms with Gasteiger partial charge in [-0.2, -0.15) is 0 Å². The van der Waals surface area contributed by atoms with Crippen molar-refractivity contribution in [3.05, 3.63) is 53.7 Å². The number of nitrogens with two attached hydrogens (primary N) is 1. The zero-order valence-corrected chi connectivity index (χ0v) is 13.0. The van der Waals surface area contributed by atoms with Gasteiger partial charge in [-0.3, -0.25) is 0 Å². The summed E-state index contributed by atoms with van der Waals surface area (Å²) in [5, 5.41) is 0. The van der Waals surface area contributed by atoms with Crippen LogP contribution in [-0.4, -0.2) is 11.0 Å². The molecule has 0 aliphatic carbocycles. The van der Waals surface area contributed by atoms with Crippen LogP contribution >= 0.6 is 0 Å². The van der Waals surface area contributed by atoms with Gasteiger partial charge < -0.3 is 10.5 Å². The number of pyridine rings is 1. The summed E-state index contributed by atoms with van der Waals surface area (Å²) < 4.78 is 5.81. The summed E-state index contributed by atoms with van der Waals surface area (Å²) in [6, 6.07) is 12.3. The minimum atomic E-state index is 0.196. The van der Waals surface area contributed by atoms with Gasteiger partial charge in [-0.25, -0.2) is 4.98 Å². The molecular weight excluding hydrogens is 260 g/mol. The summed E-state index contributed by atoms with van der Waals surface area (Å²) in [7, 11) is 0. The Kier molecular flexibility index (Phi) is 5.34. The minimum absolute atomic E-state index is 0.196. The van der Waals surface area contributed by atoms with E-state index in [-0.39, 0.29) is 6.04 Å². The zero-order valence-electron chi connectivity index (χ0n) is 13.0. The van der Waals surface area contributed by atoms with Gasteiger partial charge in [0.15, 0.2) is 0 Å². The van der Waals surface area contributed by atoms with Gasteiger partial charge >= 0.3 is 0 Å². The summed E-state index contributed by atoms with van der Waals surface area (Å²) in [4.78, 5) is 4.36. The Morgan fingerprint density at radius 3 is 2.62 bits per heavy atom. The van der Waals surface area contributed by atoms with Gasteiger partial charge in [-0.15, -0.1) is 0 Å². The number of benzene rings is 1. The van der Waals surface area contributed by atoms with Crippen LogP contribution in [0.3, 0.4) is 0 Å². The molecule has 1 heterocycles. The van der Waals surface area contributed by atoms with Gasteiger partial charge in [0, 0.05) is 18.3 Å². The minimum Gasteiger partial charge on any atom is -0.439 e. The predicted octanol–water partition coefficient (Wildman–Crippen LogP) is 4.28. The van der Waals surface area contributed by atoms with Crippen LogP contribution in [0, 0.1) is 0 Å². The van der Waals surface area contributed by atoms with E-state index in [9.17, 15) is 0 Å². The van der Waals surface area contributed by atoms with E-state index in [1.54, 1.807) is 0 Å². The van der Waals surface area contributed by atoms with Gasteiger partial charge in [0.25, 0.3) is 0 Å². The Labute approximate surface area is 127 Å². The lowest BCUT2D eigenvalue weighted by molar-refractivity contribution is 0.461. The van der Waals surface area contributed by atoms with Crippen LogP contribution in [0.2, 0.25) is 0 Å². The van der Waals surface area contributed by atoms with E-state index in [1.807, 2.05) is 30.5 Å². The van der Waals surface area contributed by atoms with Gasteiger partial charge in [0.05, 0.1) is 0 Å². The second-order valence-electron chi connectivity index (χ2n) is 5.71. The van der Waals surface area contributed by atoms with E-state index < -0.39 is 0 Å². The number of nitrogens with zero attached hydrogens (tertiary/aromatic N) is 1. The van der Waals surface area contributed by atoms with Gasteiger partial charge in [0.1, 0.15) is 5.75 Å². The lowest BCUT2D eigenvalue weighted by Gasteiger charge is -2.10. The third-order valence-electron chi connectivity index (χ3n) is 3.57. The van der Waals surface area contributed by atoms with Crippen molar-refractivity contribution in [2.24, 2.45) is 5.73 Å². The van der Waals surface area contributed by atoms with Crippen molar-refractivity contribution < 1.29 is 4.74 Å². The summed E-state index contributed by atoms with van der Waals surface area (Å²) >= 11 is 0. The monoisotopic (exact) mass is 284 g/mol. The van der Waals surface area contributed by atoms with E-state index in [4.69, 9.17) is 10.5 Å². The average molecular weight is 284 g/mol. The van der Waals surface area contributed by atoms with Crippen LogP contribution in [0.25, 0.3) is 0 Å². The fourth-order valence-electron chi connectivity index (χ4n) is 2.10. The summed E-state index contributed by atoms with van der Waals surface area (Å²) in [5.41, 5.74) is 8.36. The van der Waals surface area contributed by atoms with E-state index in [0.717, 1.165) is 24.2 Å². The first kappa shape index (κ1) is 15.5. The largest absolute Gasteiger partial charge is 0.439 e. The van der Waals surface area contributed by atoms with Crippen molar-refractivity contribution in [3.8, 4) is 11.6 Å². The van der Waals surface area contributed by atoms with Crippen LogP contribution in [-0.2, 0) is 6.42 Å². The molecule has 1 aromatic carbocycles. The molecule has 0 spiro atoms. The molecule has 3 heteroatoms. The normalized spacial score (nSPS) is 12.4. The molecule has 2 aromatic rings. The molecule has 0 fully saturated rings. The molecular formula is C18H24N2O. The third-order valence-corrected chi connectivity index (χ3v) is 3.57. The maximum atomic E-state index is 5.95. The van der Waals surface area contributed by atoms with Crippen molar-refractivity contribution in [1.82, 2.24) is 4.98 Å². The lowest BCUT2D eigenvalue weighted by atomic mass is 10.0. The number of ether oxygens (including phenoxy) is 1. The molecule has 0 aliphatic heterocycles. The Balaban J connectivity index is 2.04. The van der Waals surface area contributed by atoms with Crippen molar-refractivity contribution in [2.45, 2.75) is 45.6 Å². The Bertz CT molecular complexity index is 564.